The molecule has 0 spiro atoms. The number of sulfonamides is 2. The molecule has 0 bridgehead atoms. The van der Waals surface area contributed by atoms with Gasteiger partial charge in [0.15, 0.2) is 0 Å². The lowest BCUT2D eigenvalue weighted by Crippen LogP contribution is -2.51. The Hall–Kier alpha value is -0.670. The van der Waals surface area contributed by atoms with Gasteiger partial charge in [-0.3, -0.25) is 0 Å². The summed E-state index contributed by atoms with van der Waals surface area (Å²) >= 11 is 5.92. The van der Waals surface area contributed by atoms with Gasteiger partial charge in [0.25, 0.3) is 0 Å². The smallest absolute Gasteiger partial charge is 0.212 e. The maximum absolute atomic E-state index is 12.8. The Balaban J connectivity index is 1.77. The lowest BCUT2D eigenvalue weighted by molar-refractivity contribution is 0.272. The molecule has 1 saturated heterocycles. The molecule has 1 saturated carbocycles. The van der Waals surface area contributed by atoms with Crippen LogP contribution in [0.2, 0.25) is 5.02 Å². The van der Waals surface area contributed by atoms with Gasteiger partial charge in [-0.05, 0) is 37.5 Å². The SMILES string of the molecule is Cc1ccc(Cl)cc1S(=O)(=O)N1CCN(S(=O)(=O)C2CC2)CC1. The largest absolute Gasteiger partial charge is 0.243 e. The molecule has 0 atom stereocenters. The van der Waals surface area contributed by atoms with Crippen LogP contribution in [0.5, 0.6) is 0 Å². The predicted octanol–water partition coefficient (Wildman–Crippen LogP) is 1.45. The first kappa shape index (κ1) is 17.2. The van der Waals surface area contributed by atoms with Crippen molar-refractivity contribution in [2.45, 2.75) is 29.9 Å². The monoisotopic (exact) mass is 378 g/mol. The fraction of sp³-hybridized carbons (Fsp3) is 0.571. The van der Waals surface area contributed by atoms with E-state index in [1.165, 1.54) is 14.7 Å². The van der Waals surface area contributed by atoms with Crippen LogP contribution in [-0.4, -0.2) is 56.9 Å². The van der Waals surface area contributed by atoms with Crippen molar-refractivity contribution in [2.24, 2.45) is 0 Å². The summed E-state index contributed by atoms with van der Waals surface area (Å²) in [6, 6.07) is 4.76. The van der Waals surface area contributed by atoms with Crippen molar-refractivity contribution in [3.63, 3.8) is 0 Å². The third kappa shape index (κ3) is 3.28. The first-order valence-corrected chi connectivity index (χ1v) is 10.8. The summed E-state index contributed by atoms with van der Waals surface area (Å²) in [7, 11) is -6.91. The summed E-state index contributed by atoms with van der Waals surface area (Å²) in [5.74, 6) is 0. The second-order valence-electron chi connectivity index (χ2n) is 5.96. The average molecular weight is 379 g/mol. The van der Waals surface area contributed by atoms with Crippen molar-refractivity contribution >= 4 is 31.6 Å². The van der Waals surface area contributed by atoms with E-state index < -0.39 is 20.0 Å². The quantitative estimate of drug-likeness (QED) is 0.794. The van der Waals surface area contributed by atoms with Gasteiger partial charge < -0.3 is 0 Å². The molecule has 9 heteroatoms. The molecular formula is C14H19ClN2O4S2. The first-order valence-electron chi connectivity index (χ1n) is 7.48. The zero-order chi connectivity index (χ0) is 16.8. The molecule has 0 unspecified atom stereocenters. The first-order chi connectivity index (χ1) is 10.7. The minimum absolute atomic E-state index is 0.167. The van der Waals surface area contributed by atoms with E-state index in [4.69, 9.17) is 11.6 Å². The van der Waals surface area contributed by atoms with Crippen molar-refractivity contribution in [1.29, 1.82) is 0 Å². The Morgan fingerprint density at radius 3 is 2.13 bits per heavy atom. The molecule has 1 aliphatic heterocycles. The van der Waals surface area contributed by atoms with E-state index in [0.29, 0.717) is 23.4 Å². The summed E-state index contributed by atoms with van der Waals surface area (Å²) in [5, 5.41) is 0.102. The Labute approximate surface area is 142 Å². The highest BCUT2D eigenvalue weighted by Crippen LogP contribution is 2.32. The summed E-state index contributed by atoms with van der Waals surface area (Å²) in [5.41, 5.74) is 0.627. The molecule has 3 rings (SSSR count). The predicted molar refractivity (Wildman–Crippen MR) is 88.5 cm³/mol. The van der Waals surface area contributed by atoms with Crippen molar-refractivity contribution in [3.05, 3.63) is 28.8 Å². The summed E-state index contributed by atoms with van der Waals surface area (Å²) in [4.78, 5) is 0.184. The molecule has 2 fully saturated rings. The van der Waals surface area contributed by atoms with E-state index >= 15 is 0 Å². The summed E-state index contributed by atoms with van der Waals surface area (Å²) < 4.78 is 52.7. The highest BCUT2D eigenvalue weighted by atomic mass is 35.5. The molecule has 0 radical (unpaired) electrons. The maximum Gasteiger partial charge on any atom is 0.243 e. The maximum atomic E-state index is 12.8. The van der Waals surface area contributed by atoms with Crippen LogP contribution in [0.25, 0.3) is 0 Å². The van der Waals surface area contributed by atoms with Gasteiger partial charge in [0.05, 0.1) is 10.1 Å². The number of piperazine rings is 1. The number of nitrogens with zero attached hydrogens (tertiary/aromatic N) is 2. The molecule has 6 nitrogen and oxygen atoms in total. The van der Waals surface area contributed by atoms with Crippen molar-refractivity contribution in [2.75, 3.05) is 26.2 Å². The van der Waals surface area contributed by atoms with Gasteiger partial charge in [0, 0.05) is 31.2 Å². The van der Waals surface area contributed by atoms with Gasteiger partial charge in [-0.15, -0.1) is 0 Å². The molecule has 0 amide bonds. The van der Waals surface area contributed by atoms with Gasteiger partial charge >= 0.3 is 0 Å². The number of rotatable bonds is 4. The molecule has 0 aromatic heterocycles. The minimum Gasteiger partial charge on any atom is -0.212 e. The van der Waals surface area contributed by atoms with Crippen LogP contribution in [0.15, 0.2) is 23.1 Å². The Bertz CT molecular complexity index is 811. The fourth-order valence-corrected chi connectivity index (χ4v) is 6.47. The van der Waals surface area contributed by atoms with E-state index in [0.717, 1.165) is 0 Å². The van der Waals surface area contributed by atoms with Gasteiger partial charge in [-0.2, -0.15) is 8.61 Å². The average Bonchev–Trinajstić information content (AvgIpc) is 3.35. The minimum atomic E-state index is -3.66. The highest BCUT2D eigenvalue weighted by molar-refractivity contribution is 7.90. The second-order valence-corrected chi connectivity index (χ2v) is 10.5. The fourth-order valence-electron chi connectivity index (χ4n) is 2.73. The molecule has 128 valence electrons. The second kappa shape index (κ2) is 6.00. The van der Waals surface area contributed by atoms with Crippen molar-refractivity contribution in [3.8, 4) is 0 Å². The third-order valence-corrected chi connectivity index (χ3v) is 8.95. The van der Waals surface area contributed by atoms with Crippen LogP contribution >= 0.6 is 11.6 Å². The van der Waals surface area contributed by atoms with Gasteiger partial charge in [0.1, 0.15) is 0 Å². The zero-order valence-corrected chi connectivity index (χ0v) is 15.2. The van der Waals surface area contributed by atoms with E-state index in [1.807, 2.05) is 0 Å². The lowest BCUT2D eigenvalue weighted by Gasteiger charge is -2.33. The van der Waals surface area contributed by atoms with Crippen molar-refractivity contribution < 1.29 is 16.8 Å². The Morgan fingerprint density at radius 1 is 1.00 bits per heavy atom. The molecule has 1 aliphatic carbocycles. The van der Waals surface area contributed by atoms with E-state index in [-0.39, 0.29) is 36.3 Å². The van der Waals surface area contributed by atoms with Crippen molar-refractivity contribution in [1.82, 2.24) is 8.61 Å². The van der Waals surface area contributed by atoms with E-state index in [2.05, 4.69) is 0 Å². The van der Waals surface area contributed by atoms with Gasteiger partial charge in [-0.25, -0.2) is 16.8 Å². The molecule has 23 heavy (non-hydrogen) atoms. The molecule has 2 aliphatic rings. The van der Waals surface area contributed by atoms with Crippen LogP contribution in [0, 0.1) is 6.92 Å². The summed E-state index contributed by atoms with van der Waals surface area (Å²) in [6.45, 7) is 2.47. The van der Waals surface area contributed by atoms with Gasteiger partial charge in [0.2, 0.25) is 20.0 Å². The van der Waals surface area contributed by atoms with Crippen LogP contribution in [0.1, 0.15) is 18.4 Å². The zero-order valence-electron chi connectivity index (χ0n) is 12.8. The number of hydrogen-bond acceptors (Lipinski definition) is 4. The highest BCUT2D eigenvalue weighted by Gasteiger charge is 2.42. The summed E-state index contributed by atoms with van der Waals surface area (Å²) in [6.07, 6.45) is 1.42. The molecule has 0 N–H and O–H groups in total. The number of halogens is 1. The number of benzene rings is 1. The van der Waals surface area contributed by atoms with E-state index in [1.54, 1.807) is 19.1 Å². The third-order valence-electron chi connectivity index (χ3n) is 4.27. The molecule has 1 aromatic carbocycles. The Kier molecular flexibility index (Phi) is 4.48. The molecule has 1 heterocycles. The van der Waals surface area contributed by atoms with E-state index in [9.17, 15) is 16.8 Å². The van der Waals surface area contributed by atoms with Gasteiger partial charge in [-0.1, -0.05) is 17.7 Å². The normalized spacial score (nSPS) is 21.5. The Morgan fingerprint density at radius 2 is 1.57 bits per heavy atom. The van der Waals surface area contributed by atoms with Crippen LogP contribution in [0.4, 0.5) is 0 Å². The van der Waals surface area contributed by atoms with Crippen LogP contribution in [0.3, 0.4) is 0 Å². The molecular weight excluding hydrogens is 360 g/mol. The topological polar surface area (TPSA) is 74.8 Å². The van der Waals surface area contributed by atoms with Crippen LogP contribution < -0.4 is 0 Å². The molecule has 1 aromatic rings. The van der Waals surface area contributed by atoms with Crippen LogP contribution in [-0.2, 0) is 20.0 Å². The number of aryl methyl sites for hydroxylation is 1. The standard InChI is InChI=1S/C14H19ClN2O4S2/c1-11-2-3-12(15)10-14(11)23(20,21)17-8-6-16(7-9-17)22(18,19)13-4-5-13/h2-3,10,13H,4-9H2,1H3. The number of hydrogen-bond donors (Lipinski definition) is 0. The lowest BCUT2D eigenvalue weighted by atomic mass is 10.2.